The van der Waals surface area contributed by atoms with Gasteiger partial charge in [-0.2, -0.15) is 10.2 Å². The summed E-state index contributed by atoms with van der Waals surface area (Å²) >= 11 is 0. The minimum atomic E-state index is 0.454. The van der Waals surface area contributed by atoms with E-state index in [9.17, 15) is 0 Å². The lowest BCUT2D eigenvalue weighted by molar-refractivity contribution is 0.653. The molecule has 0 aliphatic carbocycles. The van der Waals surface area contributed by atoms with Gasteiger partial charge in [0.05, 0.1) is 5.69 Å². The smallest absolute Gasteiger partial charge is 0.151 e. The van der Waals surface area contributed by atoms with E-state index in [1.54, 1.807) is 11.0 Å². The molecule has 19 heavy (non-hydrogen) atoms. The molecule has 0 unspecified atom stereocenters. The topological polar surface area (TPSA) is 60.6 Å². The Kier molecular flexibility index (Phi) is 4.31. The lowest BCUT2D eigenvalue weighted by Gasteiger charge is -2.06. The van der Waals surface area contributed by atoms with Gasteiger partial charge >= 0.3 is 0 Å². The highest BCUT2D eigenvalue weighted by Gasteiger charge is 2.10. The summed E-state index contributed by atoms with van der Waals surface area (Å²) in [5.41, 5.74) is 2.44. The van der Waals surface area contributed by atoms with Crippen molar-refractivity contribution in [3.8, 4) is 0 Å². The fourth-order valence-corrected chi connectivity index (χ4v) is 2.10. The summed E-state index contributed by atoms with van der Waals surface area (Å²) in [6, 6.07) is 0. The van der Waals surface area contributed by atoms with Crippen molar-refractivity contribution in [3.05, 3.63) is 29.6 Å². The molecule has 0 saturated heterocycles. The van der Waals surface area contributed by atoms with Crippen LogP contribution in [0, 0.1) is 0 Å². The van der Waals surface area contributed by atoms with E-state index >= 15 is 0 Å². The molecule has 2 rings (SSSR count). The molecule has 1 N–H and O–H groups in total. The Balaban J connectivity index is 1.82. The van der Waals surface area contributed by atoms with Gasteiger partial charge in [-0.05, 0) is 5.92 Å². The molecule has 0 bridgehead atoms. The lowest BCUT2D eigenvalue weighted by Crippen LogP contribution is -2.18. The van der Waals surface area contributed by atoms with Crippen LogP contribution in [0.4, 0.5) is 0 Å². The highest BCUT2D eigenvalue weighted by atomic mass is 15.3. The van der Waals surface area contributed by atoms with Crippen LogP contribution >= 0.6 is 0 Å². The fraction of sp³-hybridized carbons (Fsp3) is 0.615. The van der Waals surface area contributed by atoms with E-state index in [-0.39, 0.29) is 0 Å². The number of hydrogen-bond donors (Lipinski definition) is 1. The normalized spacial score (nSPS) is 11.4. The van der Waals surface area contributed by atoms with E-state index in [0.717, 1.165) is 25.3 Å². The number of rotatable bonds is 6. The van der Waals surface area contributed by atoms with Crippen LogP contribution in [0.3, 0.4) is 0 Å². The maximum absolute atomic E-state index is 4.50. The molecule has 0 aliphatic rings. The third-order valence-electron chi connectivity index (χ3n) is 2.97. The zero-order chi connectivity index (χ0) is 13.8. The first-order valence-electron chi connectivity index (χ1n) is 6.64. The number of nitrogens with one attached hydrogen (secondary N) is 1. The van der Waals surface area contributed by atoms with Gasteiger partial charge < -0.3 is 5.32 Å². The summed E-state index contributed by atoms with van der Waals surface area (Å²) < 4.78 is 3.61. The predicted octanol–water partition coefficient (Wildman–Crippen LogP) is 1.00. The third-order valence-corrected chi connectivity index (χ3v) is 2.97. The van der Waals surface area contributed by atoms with Crippen LogP contribution in [0.25, 0.3) is 0 Å². The highest BCUT2D eigenvalue weighted by molar-refractivity contribution is 5.19. The lowest BCUT2D eigenvalue weighted by atomic mass is 10.1. The fourth-order valence-electron chi connectivity index (χ4n) is 2.10. The molecule has 0 fully saturated rings. The molecule has 2 heterocycles. The average Bonchev–Trinajstić information content (AvgIpc) is 2.91. The first-order valence-corrected chi connectivity index (χ1v) is 6.64. The standard InChI is InChI=1S/C13H22N6/c1-10(2)13-11(8-18(3)17-13)7-14-6-5-12-15-9-19(4)16-12/h8-10,14H,5-7H2,1-4H3. The van der Waals surface area contributed by atoms with Crippen molar-refractivity contribution in [2.24, 2.45) is 14.1 Å². The van der Waals surface area contributed by atoms with Gasteiger partial charge in [-0.25, -0.2) is 4.98 Å². The molecule has 0 amide bonds. The quantitative estimate of drug-likeness (QED) is 0.789. The molecule has 0 spiro atoms. The Hall–Kier alpha value is -1.69. The Morgan fingerprint density at radius 1 is 1.21 bits per heavy atom. The van der Waals surface area contributed by atoms with Gasteiger partial charge in [0, 0.05) is 45.4 Å². The molecular weight excluding hydrogens is 240 g/mol. The first-order chi connectivity index (χ1) is 9.06. The van der Waals surface area contributed by atoms with Crippen LogP contribution in [0.1, 0.15) is 36.8 Å². The number of nitrogens with zero attached hydrogens (tertiary/aromatic N) is 5. The van der Waals surface area contributed by atoms with Crippen molar-refractivity contribution in [2.45, 2.75) is 32.7 Å². The van der Waals surface area contributed by atoms with E-state index in [1.165, 1.54) is 11.3 Å². The van der Waals surface area contributed by atoms with E-state index in [4.69, 9.17) is 0 Å². The van der Waals surface area contributed by atoms with Gasteiger partial charge in [-0.15, -0.1) is 0 Å². The van der Waals surface area contributed by atoms with Crippen LogP contribution in [0.5, 0.6) is 0 Å². The average molecular weight is 262 g/mol. The van der Waals surface area contributed by atoms with E-state index in [1.807, 2.05) is 18.8 Å². The second-order valence-corrected chi connectivity index (χ2v) is 5.13. The van der Waals surface area contributed by atoms with Crippen LogP contribution in [0.15, 0.2) is 12.5 Å². The van der Waals surface area contributed by atoms with Crippen LogP contribution in [0.2, 0.25) is 0 Å². The Labute approximate surface area is 113 Å². The molecule has 0 saturated carbocycles. The van der Waals surface area contributed by atoms with Gasteiger partial charge in [0.15, 0.2) is 5.82 Å². The number of hydrogen-bond acceptors (Lipinski definition) is 4. The minimum absolute atomic E-state index is 0.454. The minimum Gasteiger partial charge on any atom is -0.312 e. The van der Waals surface area contributed by atoms with Crippen molar-refractivity contribution in [3.63, 3.8) is 0 Å². The molecule has 2 aromatic rings. The maximum Gasteiger partial charge on any atom is 0.151 e. The molecule has 6 nitrogen and oxygen atoms in total. The third kappa shape index (κ3) is 3.64. The van der Waals surface area contributed by atoms with Crippen molar-refractivity contribution >= 4 is 0 Å². The summed E-state index contributed by atoms with van der Waals surface area (Å²) in [5.74, 6) is 1.33. The second kappa shape index (κ2) is 5.97. The molecule has 0 atom stereocenters. The summed E-state index contributed by atoms with van der Waals surface area (Å²) in [4.78, 5) is 4.21. The number of aryl methyl sites for hydroxylation is 2. The largest absolute Gasteiger partial charge is 0.312 e. The van der Waals surface area contributed by atoms with Gasteiger partial charge in [-0.1, -0.05) is 13.8 Å². The maximum atomic E-state index is 4.50. The van der Waals surface area contributed by atoms with E-state index in [0.29, 0.717) is 5.92 Å². The zero-order valence-electron chi connectivity index (χ0n) is 12.1. The summed E-state index contributed by atoms with van der Waals surface area (Å²) in [6.07, 6.45) is 4.66. The van der Waals surface area contributed by atoms with Gasteiger partial charge in [0.1, 0.15) is 6.33 Å². The van der Waals surface area contributed by atoms with Crippen molar-refractivity contribution < 1.29 is 0 Å². The molecule has 0 radical (unpaired) electrons. The number of aromatic nitrogens is 5. The summed E-state index contributed by atoms with van der Waals surface area (Å²) in [7, 11) is 3.85. The van der Waals surface area contributed by atoms with Crippen LogP contribution < -0.4 is 5.32 Å². The Morgan fingerprint density at radius 3 is 2.63 bits per heavy atom. The molecular formula is C13H22N6. The molecule has 2 aromatic heterocycles. The molecule has 0 aromatic carbocycles. The summed E-state index contributed by atoms with van der Waals surface area (Å²) in [5, 5.41) is 12.2. The predicted molar refractivity (Wildman–Crippen MR) is 73.7 cm³/mol. The Bertz CT molecular complexity index is 525. The van der Waals surface area contributed by atoms with Crippen LogP contribution in [-0.4, -0.2) is 31.1 Å². The molecule has 0 aliphatic heterocycles. The molecule has 104 valence electrons. The summed E-state index contributed by atoms with van der Waals surface area (Å²) in [6.45, 7) is 6.05. The molecule has 6 heteroatoms. The SMILES string of the molecule is CC(C)c1nn(C)cc1CNCCc1ncn(C)n1. The van der Waals surface area contributed by atoms with Gasteiger partial charge in [0.25, 0.3) is 0 Å². The van der Waals surface area contributed by atoms with Crippen LogP contribution in [-0.2, 0) is 27.1 Å². The van der Waals surface area contributed by atoms with Crippen molar-refractivity contribution in [1.82, 2.24) is 29.9 Å². The highest BCUT2D eigenvalue weighted by Crippen LogP contribution is 2.16. The van der Waals surface area contributed by atoms with E-state index in [2.05, 4.69) is 40.5 Å². The van der Waals surface area contributed by atoms with Gasteiger partial charge in [0.2, 0.25) is 0 Å². The Morgan fingerprint density at radius 2 is 2.00 bits per heavy atom. The van der Waals surface area contributed by atoms with E-state index < -0.39 is 0 Å². The first kappa shape index (κ1) is 13.7. The van der Waals surface area contributed by atoms with Crippen molar-refractivity contribution in [2.75, 3.05) is 6.54 Å². The monoisotopic (exact) mass is 262 g/mol. The van der Waals surface area contributed by atoms with Crippen molar-refractivity contribution in [1.29, 1.82) is 0 Å². The second-order valence-electron chi connectivity index (χ2n) is 5.13. The van der Waals surface area contributed by atoms with Gasteiger partial charge in [-0.3, -0.25) is 9.36 Å². The zero-order valence-corrected chi connectivity index (χ0v) is 12.1.